The molecule has 5 heteroatoms. The Labute approximate surface area is 188 Å². The number of aromatic nitrogens is 2. The first kappa shape index (κ1) is 21.4. The number of fused-ring (bicyclic) bond motifs is 1. The van der Waals surface area contributed by atoms with Crippen molar-refractivity contribution < 1.29 is 9.47 Å². The molecular weight excluding hydrogens is 398 g/mol. The van der Waals surface area contributed by atoms with Crippen molar-refractivity contribution in [3.05, 3.63) is 95.8 Å². The monoisotopic (exact) mass is 423 g/mol. The molecule has 0 unspecified atom stereocenters. The van der Waals surface area contributed by atoms with E-state index in [2.05, 4.69) is 27.1 Å². The van der Waals surface area contributed by atoms with Gasteiger partial charge in [0.1, 0.15) is 24.5 Å². The van der Waals surface area contributed by atoms with E-state index in [0.29, 0.717) is 26.2 Å². The molecule has 160 valence electrons. The Morgan fingerprint density at radius 2 is 1.75 bits per heavy atom. The highest BCUT2D eigenvalue weighted by atomic mass is 16.5. The van der Waals surface area contributed by atoms with Gasteiger partial charge < -0.3 is 14.8 Å². The maximum atomic E-state index is 5.96. The van der Waals surface area contributed by atoms with Crippen molar-refractivity contribution in [2.24, 2.45) is 0 Å². The molecule has 4 aromatic rings. The fourth-order valence-electron chi connectivity index (χ4n) is 3.33. The Kier molecular flexibility index (Phi) is 7.30. The third-order valence-electron chi connectivity index (χ3n) is 4.94. The lowest BCUT2D eigenvalue weighted by Crippen LogP contribution is -2.04. The lowest BCUT2D eigenvalue weighted by Gasteiger charge is -2.10. The molecule has 0 fully saturated rings. The predicted molar refractivity (Wildman–Crippen MR) is 127 cm³/mol. The zero-order valence-corrected chi connectivity index (χ0v) is 18.0. The SMILES string of the molecule is COCc1ccccc1C#CCCNc1ncnc2ccc(OCc3ccccc3)cc12. The Morgan fingerprint density at radius 1 is 0.906 bits per heavy atom. The second-order valence-electron chi connectivity index (χ2n) is 7.24. The van der Waals surface area contributed by atoms with Gasteiger partial charge >= 0.3 is 0 Å². The molecule has 1 N–H and O–H groups in total. The highest BCUT2D eigenvalue weighted by molar-refractivity contribution is 5.89. The minimum Gasteiger partial charge on any atom is -0.489 e. The fraction of sp³-hybridized carbons (Fsp3) is 0.185. The Morgan fingerprint density at radius 3 is 2.62 bits per heavy atom. The molecule has 32 heavy (non-hydrogen) atoms. The summed E-state index contributed by atoms with van der Waals surface area (Å²) in [4.78, 5) is 8.78. The lowest BCUT2D eigenvalue weighted by molar-refractivity contribution is 0.184. The smallest absolute Gasteiger partial charge is 0.137 e. The van der Waals surface area contributed by atoms with Gasteiger partial charge in [-0.3, -0.25) is 0 Å². The van der Waals surface area contributed by atoms with Crippen molar-refractivity contribution in [1.29, 1.82) is 0 Å². The summed E-state index contributed by atoms with van der Waals surface area (Å²) in [6.45, 7) is 1.76. The van der Waals surface area contributed by atoms with Gasteiger partial charge in [0.25, 0.3) is 0 Å². The van der Waals surface area contributed by atoms with E-state index in [-0.39, 0.29) is 0 Å². The standard InChI is InChI=1S/C27H25N3O2/c1-31-19-23-13-6-5-11-22(23)12-7-8-16-28-27-25-17-24(14-15-26(25)29-20-30-27)32-18-21-9-3-2-4-10-21/h2-6,9-11,13-15,17,20H,8,16,18-19H2,1H3,(H,28,29,30). The number of nitrogens with zero attached hydrogens (tertiary/aromatic N) is 2. The van der Waals surface area contributed by atoms with Crippen LogP contribution in [0.1, 0.15) is 23.1 Å². The second kappa shape index (κ2) is 10.9. The first-order valence-corrected chi connectivity index (χ1v) is 10.5. The summed E-state index contributed by atoms with van der Waals surface area (Å²) in [6, 6.07) is 24.0. The van der Waals surface area contributed by atoms with E-state index < -0.39 is 0 Å². The molecule has 0 aliphatic rings. The van der Waals surface area contributed by atoms with Crippen molar-refractivity contribution >= 4 is 16.7 Å². The van der Waals surface area contributed by atoms with Crippen LogP contribution in [0.25, 0.3) is 10.9 Å². The maximum absolute atomic E-state index is 5.96. The average molecular weight is 424 g/mol. The van der Waals surface area contributed by atoms with Gasteiger partial charge in [-0.25, -0.2) is 9.97 Å². The summed E-state index contributed by atoms with van der Waals surface area (Å²) in [5.74, 6) is 8.04. The van der Waals surface area contributed by atoms with E-state index >= 15 is 0 Å². The van der Waals surface area contributed by atoms with Crippen LogP contribution >= 0.6 is 0 Å². The first-order chi connectivity index (χ1) is 15.8. The number of benzene rings is 3. The average Bonchev–Trinajstić information content (AvgIpc) is 2.84. The van der Waals surface area contributed by atoms with Crippen LogP contribution in [0.2, 0.25) is 0 Å². The first-order valence-electron chi connectivity index (χ1n) is 10.5. The molecule has 0 spiro atoms. The van der Waals surface area contributed by atoms with Gasteiger partial charge in [0.05, 0.1) is 12.1 Å². The molecule has 1 aromatic heterocycles. The van der Waals surface area contributed by atoms with Gasteiger partial charge in [-0.1, -0.05) is 60.4 Å². The maximum Gasteiger partial charge on any atom is 0.137 e. The van der Waals surface area contributed by atoms with Crippen LogP contribution in [0, 0.1) is 11.8 Å². The van der Waals surface area contributed by atoms with Crippen molar-refractivity contribution in [3.63, 3.8) is 0 Å². The van der Waals surface area contributed by atoms with Crippen LogP contribution in [0.5, 0.6) is 5.75 Å². The number of ether oxygens (including phenoxy) is 2. The van der Waals surface area contributed by atoms with E-state index in [9.17, 15) is 0 Å². The summed E-state index contributed by atoms with van der Waals surface area (Å²) in [5.41, 5.74) is 4.09. The summed E-state index contributed by atoms with van der Waals surface area (Å²) in [6.07, 6.45) is 2.26. The molecule has 3 aromatic carbocycles. The number of hydrogen-bond acceptors (Lipinski definition) is 5. The Hall–Kier alpha value is -3.88. The molecule has 0 aliphatic carbocycles. The zero-order chi connectivity index (χ0) is 22.0. The lowest BCUT2D eigenvalue weighted by atomic mass is 10.1. The van der Waals surface area contributed by atoms with Gasteiger partial charge in [0.15, 0.2) is 0 Å². The minimum absolute atomic E-state index is 0.517. The van der Waals surface area contributed by atoms with E-state index in [1.54, 1.807) is 13.4 Å². The van der Waals surface area contributed by atoms with Gasteiger partial charge in [-0.15, -0.1) is 0 Å². The molecule has 0 saturated carbocycles. The number of hydrogen-bond donors (Lipinski definition) is 1. The number of anilines is 1. The zero-order valence-electron chi connectivity index (χ0n) is 18.0. The molecule has 0 radical (unpaired) electrons. The highest BCUT2D eigenvalue weighted by Gasteiger charge is 2.06. The van der Waals surface area contributed by atoms with Crippen LogP contribution in [0.15, 0.2) is 79.1 Å². The number of nitrogens with one attached hydrogen (secondary N) is 1. The summed E-state index contributed by atoms with van der Waals surface area (Å²) in [7, 11) is 1.69. The van der Waals surface area contributed by atoms with E-state index in [1.165, 1.54) is 0 Å². The van der Waals surface area contributed by atoms with Crippen molar-refractivity contribution in [1.82, 2.24) is 9.97 Å². The quantitative estimate of drug-likeness (QED) is 0.311. The highest BCUT2D eigenvalue weighted by Crippen LogP contribution is 2.25. The van der Waals surface area contributed by atoms with Gasteiger partial charge in [-0.2, -0.15) is 0 Å². The van der Waals surface area contributed by atoms with E-state index in [1.807, 2.05) is 72.8 Å². The van der Waals surface area contributed by atoms with Crippen molar-refractivity contribution in [2.75, 3.05) is 19.0 Å². The van der Waals surface area contributed by atoms with Gasteiger partial charge in [-0.05, 0) is 35.4 Å². The topological polar surface area (TPSA) is 56.3 Å². The van der Waals surface area contributed by atoms with E-state index in [0.717, 1.165) is 39.2 Å². The van der Waals surface area contributed by atoms with Crippen LogP contribution in [0.4, 0.5) is 5.82 Å². The Bertz CT molecular complexity index is 1230. The third-order valence-corrected chi connectivity index (χ3v) is 4.94. The van der Waals surface area contributed by atoms with Crippen LogP contribution in [0.3, 0.4) is 0 Å². The molecule has 0 atom stereocenters. The molecule has 0 saturated heterocycles. The fourth-order valence-corrected chi connectivity index (χ4v) is 3.33. The molecular formula is C27H25N3O2. The van der Waals surface area contributed by atoms with Gasteiger partial charge in [0, 0.05) is 31.0 Å². The van der Waals surface area contributed by atoms with Crippen LogP contribution < -0.4 is 10.1 Å². The molecule has 0 aliphatic heterocycles. The number of methoxy groups -OCH3 is 1. The molecule has 0 amide bonds. The third kappa shape index (κ3) is 5.63. The molecule has 1 heterocycles. The largest absolute Gasteiger partial charge is 0.489 e. The summed E-state index contributed by atoms with van der Waals surface area (Å²) < 4.78 is 11.2. The number of rotatable bonds is 8. The predicted octanol–water partition coefficient (Wildman–Crippen LogP) is 5.21. The summed E-state index contributed by atoms with van der Waals surface area (Å²) in [5, 5.41) is 4.31. The normalized spacial score (nSPS) is 10.4. The van der Waals surface area contributed by atoms with Crippen LogP contribution in [-0.2, 0) is 18.0 Å². The van der Waals surface area contributed by atoms with E-state index in [4.69, 9.17) is 9.47 Å². The minimum atomic E-state index is 0.517. The van der Waals surface area contributed by atoms with Gasteiger partial charge in [0.2, 0.25) is 0 Å². The molecule has 0 bridgehead atoms. The molecule has 4 rings (SSSR count). The summed E-state index contributed by atoms with van der Waals surface area (Å²) >= 11 is 0. The van der Waals surface area contributed by atoms with Crippen LogP contribution in [-0.4, -0.2) is 23.6 Å². The molecule has 5 nitrogen and oxygen atoms in total. The second-order valence-corrected chi connectivity index (χ2v) is 7.24. The van der Waals surface area contributed by atoms with Crippen molar-refractivity contribution in [2.45, 2.75) is 19.6 Å². The van der Waals surface area contributed by atoms with Crippen molar-refractivity contribution in [3.8, 4) is 17.6 Å². The Balaban J connectivity index is 1.40.